The molecule has 6 heteroatoms. The Kier molecular flexibility index (Phi) is 4.17. The Morgan fingerprint density at radius 1 is 1.52 bits per heavy atom. The van der Waals surface area contributed by atoms with Gasteiger partial charge in [0.25, 0.3) is 5.91 Å². The van der Waals surface area contributed by atoms with Gasteiger partial charge in [-0.1, -0.05) is 12.1 Å². The van der Waals surface area contributed by atoms with Crippen molar-refractivity contribution in [3.63, 3.8) is 0 Å². The number of rotatable bonds is 5. The van der Waals surface area contributed by atoms with Crippen molar-refractivity contribution in [3.05, 3.63) is 30.1 Å². The number of aromatic amines is 1. The van der Waals surface area contributed by atoms with E-state index in [2.05, 4.69) is 9.97 Å². The number of benzene rings is 1. The topological polar surface area (TPSA) is 69.2 Å². The summed E-state index contributed by atoms with van der Waals surface area (Å²) in [6, 6.07) is 7.91. The zero-order valence-electron chi connectivity index (χ0n) is 12.0. The monoisotopic (exact) mass is 305 g/mol. The van der Waals surface area contributed by atoms with E-state index in [1.165, 1.54) is 0 Å². The predicted octanol–water partition coefficient (Wildman–Crippen LogP) is 1.60. The lowest BCUT2D eigenvalue weighted by atomic mass is 9.98. The molecule has 1 aliphatic rings. The number of thioether (sulfide) groups is 1. The number of aliphatic hydroxyl groups is 1. The number of aromatic nitrogens is 2. The van der Waals surface area contributed by atoms with Gasteiger partial charge in [-0.3, -0.25) is 4.79 Å². The maximum atomic E-state index is 12.0. The number of likely N-dealkylation sites (tertiary alicyclic amines) is 1. The van der Waals surface area contributed by atoms with Crippen molar-refractivity contribution in [1.82, 2.24) is 14.9 Å². The summed E-state index contributed by atoms with van der Waals surface area (Å²) in [5.74, 6) is 1.82. The molecule has 3 rings (SSSR count). The van der Waals surface area contributed by atoms with Crippen molar-refractivity contribution in [1.29, 1.82) is 0 Å². The molecule has 0 aliphatic carbocycles. The number of para-hydroxylation sites is 2. The van der Waals surface area contributed by atoms with E-state index < -0.39 is 6.10 Å². The Morgan fingerprint density at radius 2 is 2.29 bits per heavy atom. The molecule has 2 N–H and O–H groups in total. The third-order valence-electron chi connectivity index (χ3n) is 3.87. The summed E-state index contributed by atoms with van der Waals surface area (Å²) in [7, 11) is 0. The van der Waals surface area contributed by atoms with Crippen LogP contribution in [0.3, 0.4) is 0 Å². The summed E-state index contributed by atoms with van der Waals surface area (Å²) in [6.45, 7) is 1.27. The van der Waals surface area contributed by atoms with E-state index in [0.29, 0.717) is 19.5 Å². The quantitative estimate of drug-likeness (QED) is 0.880. The molecule has 1 atom stereocenters. The van der Waals surface area contributed by atoms with E-state index in [9.17, 15) is 9.90 Å². The fraction of sp³-hybridized carbons (Fsp3) is 0.467. The van der Waals surface area contributed by atoms with Crippen LogP contribution >= 0.6 is 11.8 Å². The van der Waals surface area contributed by atoms with Gasteiger partial charge in [-0.05, 0) is 30.6 Å². The highest BCUT2D eigenvalue weighted by molar-refractivity contribution is 7.98. The van der Waals surface area contributed by atoms with Crippen LogP contribution in [-0.2, 0) is 4.79 Å². The van der Waals surface area contributed by atoms with E-state index in [4.69, 9.17) is 0 Å². The minimum absolute atomic E-state index is 0.156. The molecule has 21 heavy (non-hydrogen) atoms. The zero-order valence-corrected chi connectivity index (χ0v) is 12.8. The molecule has 0 bridgehead atoms. The van der Waals surface area contributed by atoms with Gasteiger partial charge in [0.2, 0.25) is 0 Å². The summed E-state index contributed by atoms with van der Waals surface area (Å²) in [5, 5.41) is 9.83. The molecule has 1 aromatic heterocycles. The number of hydrogen-bond acceptors (Lipinski definition) is 4. The number of nitrogens with zero attached hydrogens (tertiary/aromatic N) is 2. The smallest absolute Gasteiger partial charge is 0.251 e. The van der Waals surface area contributed by atoms with E-state index in [0.717, 1.165) is 22.6 Å². The van der Waals surface area contributed by atoms with Crippen molar-refractivity contribution < 1.29 is 9.90 Å². The molecular weight excluding hydrogens is 286 g/mol. The van der Waals surface area contributed by atoms with Gasteiger partial charge in [-0.25, -0.2) is 4.98 Å². The largest absolute Gasteiger partial charge is 0.383 e. The predicted molar refractivity (Wildman–Crippen MR) is 84.4 cm³/mol. The lowest BCUT2D eigenvalue weighted by Gasteiger charge is -2.39. The van der Waals surface area contributed by atoms with Crippen LogP contribution in [0.15, 0.2) is 24.3 Å². The first kappa shape index (κ1) is 14.4. The van der Waals surface area contributed by atoms with Crippen LogP contribution in [0.1, 0.15) is 18.2 Å². The van der Waals surface area contributed by atoms with Gasteiger partial charge in [-0.2, -0.15) is 11.8 Å². The highest BCUT2D eigenvalue weighted by atomic mass is 32.2. The van der Waals surface area contributed by atoms with Crippen molar-refractivity contribution in [2.24, 2.45) is 0 Å². The Bertz CT molecular complexity index is 604. The summed E-state index contributed by atoms with van der Waals surface area (Å²) < 4.78 is 0. The lowest BCUT2D eigenvalue weighted by Crippen LogP contribution is -2.52. The molecule has 1 aromatic carbocycles. The van der Waals surface area contributed by atoms with Crippen LogP contribution < -0.4 is 0 Å². The number of imidazole rings is 1. The molecule has 1 saturated heterocycles. The number of fused-ring (bicyclic) bond motifs is 1. The van der Waals surface area contributed by atoms with Gasteiger partial charge in [0, 0.05) is 13.1 Å². The molecule has 1 aliphatic heterocycles. The van der Waals surface area contributed by atoms with Gasteiger partial charge >= 0.3 is 0 Å². The van der Waals surface area contributed by atoms with Crippen LogP contribution in [0, 0.1) is 0 Å². The van der Waals surface area contributed by atoms with Gasteiger partial charge in [0.05, 0.1) is 17.0 Å². The zero-order chi connectivity index (χ0) is 14.8. The SMILES string of the molecule is CSCC[C@@H](O)C(=O)N1CC(c2nc3ccccc3[nH]2)C1. The second kappa shape index (κ2) is 6.07. The van der Waals surface area contributed by atoms with E-state index in [-0.39, 0.29) is 11.8 Å². The van der Waals surface area contributed by atoms with E-state index in [1.54, 1.807) is 16.7 Å². The first-order chi connectivity index (χ1) is 10.2. The van der Waals surface area contributed by atoms with E-state index in [1.807, 2.05) is 30.5 Å². The van der Waals surface area contributed by atoms with Gasteiger partial charge < -0.3 is 15.0 Å². The first-order valence-corrected chi connectivity index (χ1v) is 8.49. The number of carbonyl (C=O) groups excluding carboxylic acids is 1. The summed E-state index contributed by atoms with van der Waals surface area (Å²) in [5.41, 5.74) is 1.98. The lowest BCUT2D eigenvalue weighted by molar-refractivity contribution is -0.145. The molecule has 2 heterocycles. The average molecular weight is 305 g/mol. The van der Waals surface area contributed by atoms with E-state index >= 15 is 0 Å². The van der Waals surface area contributed by atoms with Crippen molar-refractivity contribution >= 4 is 28.7 Å². The maximum Gasteiger partial charge on any atom is 0.251 e. The van der Waals surface area contributed by atoms with Crippen molar-refractivity contribution in [2.45, 2.75) is 18.4 Å². The van der Waals surface area contributed by atoms with Crippen molar-refractivity contribution in [3.8, 4) is 0 Å². The fourth-order valence-corrected chi connectivity index (χ4v) is 3.02. The van der Waals surface area contributed by atoms with Gasteiger partial charge in [-0.15, -0.1) is 0 Å². The van der Waals surface area contributed by atoms with Crippen LogP contribution in [-0.4, -0.2) is 57.1 Å². The van der Waals surface area contributed by atoms with Gasteiger partial charge in [0.15, 0.2) is 0 Å². The molecule has 0 saturated carbocycles. The van der Waals surface area contributed by atoms with Crippen LogP contribution in [0.4, 0.5) is 0 Å². The summed E-state index contributed by atoms with van der Waals surface area (Å²) in [6.07, 6.45) is 1.62. The van der Waals surface area contributed by atoms with Crippen LogP contribution in [0.5, 0.6) is 0 Å². The normalized spacial score (nSPS) is 17.0. The molecule has 0 radical (unpaired) electrons. The first-order valence-electron chi connectivity index (χ1n) is 7.09. The maximum absolute atomic E-state index is 12.0. The summed E-state index contributed by atoms with van der Waals surface area (Å²) >= 11 is 1.64. The number of aliphatic hydroxyl groups excluding tert-OH is 1. The standard InChI is InChI=1S/C15H19N3O2S/c1-21-7-6-13(19)15(20)18-8-10(9-18)14-16-11-4-2-3-5-12(11)17-14/h2-5,10,13,19H,6-9H2,1H3,(H,16,17)/t13-/m1/s1. The Hall–Kier alpha value is -1.53. The second-order valence-corrected chi connectivity index (χ2v) is 6.36. The minimum atomic E-state index is -0.867. The molecule has 112 valence electrons. The van der Waals surface area contributed by atoms with Crippen LogP contribution in [0.2, 0.25) is 0 Å². The number of H-pyrrole nitrogens is 1. The highest BCUT2D eigenvalue weighted by Gasteiger charge is 2.36. The van der Waals surface area contributed by atoms with Crippen LogP contribution in [0.25, 0.3) is 11.0 Å². The molecule has 1 amide bonds. The number of hydrogen-bond donors (Lipinski definition) is 2. The number of amides is 1. The Balaban J connectivity index is 1.59. The molecule has 2 aromatic rings. The highest BCUT2D eigenvalue weighted by Crippen LogP contribution is 2.27. The molecule has 1 fully saturated rings. The van der Waals surface area contributed by atoms with Crippen molar-refractivity contribution in [2.75, 3.05) is 25.1 Å². The molecule has 0 unspecified atom stereocenters. The molecule has 0 spiro atoms. The molecule has 5 nitrogen and oxygen atoms in total. The average Bonchev–Trinajstić information content (AvgIpc) is 2.86. The third-order valence-corrected chi connectivity index (χ3v) is 4.51. The fourth-order valence-electron chi connectivity index (χ4n) is 2.56. The second-order valence-electron chi connectivity index (χ2n) is 5.38. The molecular formula is C15H19N3O2S. The minimum Gasteiger partial charge on any atom is -0.383 e. The number of nitrogens with one attached hydrogen (secondary N) is 1. The number of carbonyl (C=O) groups is 1. The van der Waals surface area contributed by atoms with Gasteiger partial charge in [0.1, 0.15) is 11.9 Å². The summed E-state index contributed by atoms with van der Waals surface area (Å²) in [4.78, 5) is 21.6. The Morgan fingerprint density at radius 3 is 3.00 bits per heavy atom. The Labute approximate surface area is 127 Å². The third kappa shape index (κ3) is 2.91.